The fraction of sp³-hybridized carbons (Fsp3) is 0.370. The van der Waals surface area contributed by atoms with Gasteiger partial charge in [0.2, 0.25) is 0 Å². The van der Waals surface area contributed by atoms with Crippen LogP contribution in [0.5, 0.6) is 5.75 Å². The zero-order valence-corrected chi connectivity index (χ0v) is 20.5. The van der Waals surface area contributed by atoms with Gasteiger partial charge in [-0.1, -0.05) is 36.4 Å². The van der Waals surface area contributed by atoms with Crippen LogP contribution in [0.4, 0.5) is 10.6 Å². The van der Waals surface area contributed by atoms with Crippen LogP contribution in [0.25, 0.3) is 21.9 Å². The molecule has 3 heterocycles. The molecule has 0 saturated carbocycles. The molecule has 4 N–H and O–H groups in total. The van der Waals surface area contributed by atoms with Gasteiger partial charge in [-0.25, -0.2) is 14.8 Å². The Kier molecular flexibility index (Phi) is 6.90. The lowest BCUT2D eigenvalue weighted by atomic mass is 10.1. The number of carbonyl (C=O) groups is 1. The minimum Gasteiger partial charge on any atom is -0.496 e. The second-order valence-electron chi connectivity index (χ2n) is 9.15. The number of hydrogen-bond acceptors (Lipinski definition) is 6. The minimum absolute atomic E-state index is 0.0134. The lowest BCUT2D eigenvalue weighted by Crippen LogP contribution is -2.47. The number of unbranched alkanes of at least 4 members (excludes halogenated alkanes) is 1. The van der Waals surface area contributed by atoms with E-state index in [1.807, 2.05) is 36.4 Å². The van der Waals surface area contributed by atoms with E-state index in [1.165, 1.54) is 0 Å². The number of benzene rings is 2. The van der Waals surface area contributed by atoms with Crippen molar-refractivity contribution >= 4 is 33.8 Å². The second-order valence-corrected chi connectivity index (χ2v) is 9.15. The molecule has 188 valence electrons. The maximum atomic E-state index is 11.5. The number of nitrogens with two attached hydrogens (primary N) is 2. The summed E-state index contributed by atoms with van der Waals surface area (Å²) in [5, 5.41) is 1.04. The minimum atomic E-state index is -0.382. The van der Waals surface area contributed by atoms with Crippen molar-refractivity contribution in [1.29, 1.82) is 0 Å². The van der Waals surface area contributed by atoms with Gasteiger partial charge in [0.25, 0.3) is 0 Å². The monoisotopic (exact) mass is 488 g/mol. The van der Waals surface area contributed by atoms with Gasteiger partial charge in [0.05, 0.1) is 30.9 Å². The van der Waals surface area contributed by atoms with E-state index in [0.717, 1.165) is 64.9 Å². The molecule has 0 radical (unpaired) electrons. The fourth-order valence-corrected chi connectivity index (χ4v) is 5.04. The quantitative estimate of drug-likeness (QED) is 0.365. The fourth-order valence-electron chi connectivity index (χ4n) is 5.04. The van der Waals surface area contributed by atoms with Crippen molar-refractivity contribution in [2.24, 2.45) is 5.73 Å². The number of aryl methyl sites for hydroxylation is 1. The predicted octanol–water partition coefficient (Wildman–Crippen LogP) is 3.72. The summed E-state index contributed by atoms with van der Waals surface area (Å²) in [5.74, 6) is 2.19. The predicted molar refractivity (Wildman–Crippen MR) is 140 cm³/mol. The third-order valence-corrected chi connectivity index (χ3v) is 6.84. The van der Waals surface area contributed by atoms with Crippen molar-refractivity contribution in [2.45, 2.75) is 38.3 Å². The Balaban J connectivity index is 1.43. The van der Waals surface area contributed by atoms with Gasteiger partial charge in [0.15, 0.2) is 5.82 Å². The Bertz CT molecular complexity index is 1380. The number of nitrogen functional groups attached to an aromatic ring is 1. The van der Waals surface area contributed by atoms with Crippen molar-refractivity contribution in [3.05, 3.63) is 59.9 Å². The number of methoxy groups -OCH3 is 1. The number of nitrogens with zero attached hydrogens (tertiary/aromatic N) is 4. The van der Waals surface area contributed by atoms with Crippen LogP contribution < -0.4 is 16.2 Å². The van der Waals surface area contributed by atoms with Crippen LogP contribution in [0.3, 0.4) is 0 Å². The SMILES string of the molecule is COc1ccccc1Cc1nc2c(N)nc3ccccc3c2n1CCCCC1CN(C(N)=O)CCO1. The summed E-state index contributed by atoms with van der Waals surface area (Å²) < 4.78 is 13.7. The lowest BCUT2D eigenvalue weighted by molar-refractivity contribution is -0.0178. The van der Waals surface area contributed by atoms with E-state index in [2.05, 4.69) is 21.7 Å². The number of rotatable bonds is 8. The topological polar surface area (TPSA) is 122 Å². The van der Waals surface area contributed by atoms with Gasteiger partial charge in [-0.15, -0.1) is 0 Å². The largest absolute Gasteiger partial charge is 0.496 e. The third-order valence-electron chi connectivity index (χ3n) is 6.84. The van der Waals surface area contributed by atoms with Gasteiger partial charge in [-0.2, -0.15) is 0 Å². The maximum Gasteiger partial charge on any atom is 0.314 e. The van der Waals surface area contributed by atoms with Gasteiger partial charge in [0, 0.05) is 37.0 Å². The van der Waals surface area contributed by atoms with E-state index in [4.69, 9.17) is 25.9 Å². The van der Waals surface area contributed by atoms with Crippen LogP contribution >= 0.6 is 0 Å². The first-order chi connectivity index (χ1) is 17.5. The van der Waals surface area contributed by atoms with E-state index in [1.54, 1.807) is 12.0 Å². The van der Waals surface area contributed by atoms with Gasteiger partial charge < -0.3 is 30.4 Å². The van der Waals surface area contributed by atoms with E-state index in [9.17, 15) is 4.79 Å². The van der Waals surface area contributed by atoms with Crippen molar-refractivity contribution < 1.29 is 14.3 Å². The number of anilines is 1. The first-order valence-corrected chi connectivity index (χ1v) is 12.4. The molecule has 2 aromatic heterocycles. The lowest BCUT2D eigenvalue weighted by Gasteiger charge is -2.31. The number of amides is 2. The smallest absolute Gasteiger partial charge is 0.314 e. The van der Waals surface area contributed by atoms with Gasteiger partial charge in [-0.05, 0) is 31.4 Å². The van der Waals surface area contributed by atoms with E-state index < -0.39 is 0 Å². The molecule has 5 rings (SSSR count). The molecule has 2 amide bonds. The van der Waals surface area contributed by atoms with Crippen LogP contribution in [0.2, 0.25) is 0 Å². The number of primary amides is 1. The van der Waals surface area contributed by atoms with Crippen LogP contribution in [-0.2, 0) is 17.7 Å². The van der Waals surface area contributed by atoms with Crippen molar-refractivity contribution in [3.63, 3.8) is 0 Å². The Morgan fingerprint density at radius 3 is 2.78 bits per heavy atom. The molecule has 36 heavy (non-hydrogen) atoms. The Labute approximate surface area is 210 Å². The molecule has 1 fully saturated rings. The Morgan fingerprint density at radius 1 is 1.14 bits per heavy atom. The number of para-hydroxylation sites is 2. The third kappa shape index (κ3) is 4.79. The zero-order chi connectivity index (χ0) is 25.1. The molecule has 1 atom stereocenters. The highest BCUT2D eigenvalue weighted by Gasteiger charge is 2.23. The average molecular weight is 489 g/mol. The number of morpholine rings is 1. The summed E-state index contributed by atoms with van der Waals surface area (Å²) in [6.45, 7) is 2.42. The molecule has 0 spiro atoms. The average Bonchev–Trinajstić information content (AvgIpc) is 3.26. The molecule has 9 nitrogen and oxygen atoms in total. The summed E-state index contributed by atoms with van der Waals surface area (Å²) in [7, 11) is 1.68. The number of fused-ring (bicyclic) bond motifs is 3. The van der Waals surface area contributed by atoms with Crippen molar-refractivity contribution in [2.75, 3.05) is 32.5 Å². The number of aromatic nitrogens is 3. The highest BCUT2D eigenvalue weighted by atomic mass is 16.5. The summed E-state index contributed by atoms with van der Waals surface area (Å²) in [5.41, 5.74) is 15.5. The van der Waals surface area contributed by atoms with Crippen LogP contribution in [0.15, 0.2) is 48.5 Å². The van der Waals surface area contributed by atoms with Crippen molar-refractivity contribution in [1.82, 2.24) is 19.4 Å². The number of carbonyl (C=O) groups excluding carboxylic acids is 1. The van der Waals surface area contributed by atoms with Crippen LogP contribution in [0, 0.1) is 0 Å². The molecule has 1 aliphatic rings. The highest BCUT2D eigenvalue weighted by Crippen LogP contribution is 2.31. The summed E-state index contributed by atoms with van der Waals surface area (Å²) in [6.07, 6.45) is 3.37. The first-order valence-electron chi connectivity index (χ1n) is 12.4. The van der Waals surface area contributed by atoms with E-state index in [-0.39, 0.29) is 12.1 Å². The molecule has 1 unspecified atom stereocenters. The zero-order valence-electron chi connectivity index (χ0n) is 20.5. The van der Waals surface area contributed by atoms with Crippen LogP contribution in [-0.4, -0.2) is 58.4 Å². The number of urea groups is 1. The van der Waals surface area contributed by atoms with Crippen molar-refractivity contribution in [3.8, 4) is 5.75 Å². The molecule has 0 aliphatic carbocycles. The maximum absolute atomic E-state index is 11.5. The van der Waals surface area contributed by atoms with Gasteiger partial charge in [0.1, 0.15) is 17.1 Å². The molecule has 4 aromatic rings. The molecular weight excluding hydrogens is 456 g/mol. The highest BCUT2D eigenvalue weighted by molar-refractivity contribution is 6.06. The summed E-state index contributed by atoms with van der Waals surface area (Å²) in [4.78, 5) is 22.8. The number of pyridine rings is 1. The van der Waals surface area contributed by atoms with Gasteiger partial charge in [-0.3, -0.25) is 0 Å². The van der Waals surface area contributed by atoms with Gasteiger partial charge >= 0.3 is 6.03 Å². The summed E-state index contributed by atoms with van der Waals surface area (Å²) >= 11 is 0. The second kappa shape index (κ2) is 10.4. The Morgan fingerprint density at radius 2 is 1.94 bits per heavy atom. The molecule has 0 bridgehead atoms. The molecule has 1 saturated heterocycles. The number of ether oxygens (including phenoxy) is 2. The Hall–Kier alpha value is -3.85. The molecule has 2 aromatic carbocycles. The molecular formula is C27H32N6O3. The molecule has 1 aliphatic heterocycles. The normalized spacial score (nSPS) is 16.0. The first kappa shape index (κ1) is 23.9. The molecule has 9 heteroatoms. The number of imidazole rings is 1. The van der Waals surface area contributed by atoms with E-state index >= 15 is 0 Å². The number of hydrogen-bond donors (Lipinski definition) is 2. The van der Waals surface area contributed by atoms with Crippen LogP contribution in [0.1, 0.15) is 30.7 Å². The standard InChI is InChI=1S/C27H32N6O3/c1-35-22-12-5-2-8-18(22)16-23-31-24-25(20-10-3-4-11-21(20)30-26(24)28)33(23)13-7-6-9-19-17-32(27(29)34)14-15-36-19/h2-5,8,10-12,19H,6-7,9,13-17H2,1H3,(H2,28,30)(H2,29,34). The summed E-state index contributed by atoms with van der Waals surface area (Å²) in [6, 6.07) is 15.7. The van der Waals surface area contributed by atoms with E-state index in [0.29, 0.717) is 31.9 Å².